The van der Waals surface area contributed by atoms with Gasteiger partial charge in [-0.1, -0.05) is 41.9 Å². The average molecular weight is 390 g/mol. The second-order valence-corrected chi connectivity index (χ2v) is 7.33. The molecule has 0 saturated heterocycles. The zero-order valence-corrected chi connectivity index (χ0v) is 16.4. The Kier molecular flexibility index (Phi) is 6.86. The smallest absolute Gasteiger partial charge is 0.308 e. The second kappa shape index (κ2) is 8.91. The molecule has 0 fully saturated rings. The van der Waals surface area contributed by atoms with Gasteiger partial charge in [-0.2, -0.15) is 0 Å². The molecule has 0 aliphatic rings. The number of carboxylic acids is 1. The van der Waals surface area contributed by atoms with Crippen LogP contribution in [0.5, 0.6) is 5.75 Å². The molecule has 0 bridgehead atoms. The van der Waals surface area contributed by atoms with Crippen molar-refractivity contribution in [2.75, 3.05) is 13.7 Å². The minimum Gasteiger partial charge on any atom is -0.496 e. The molecule has 0 aromatic heterocycles. The van der Waals surface area contributed by atoms with Gasteiger partial charge in [0.05, 0.1) is 18.4 Å². The molecule has 0 radical (unpaired) electrons. The molecular formula is C21H24ClNO4. The predicted molar refractivity (Wildman–Crippen MR) is 105 cm³/mol. The molecule has 1 amide bonds. The van der Waals surface area contributed by atoms with Gasteiger partial charge in [0.15, 0.2) is 0 Å². The summed E-state index contributed by atoms with van der Waals surface area (Å²) in [5, 5.41) is 12.9. The van der Waals surface area contributed by atoms with E-state index in [-0.39, 0.29) is 18.9 Å². The fourth-order valence-corrected chi connectivity index (χ4v) is 2.94. The Morgan fingerprint density at radius 2 is 1.78 bits per heavy atom. The van der Waals surface area contributed by atoms with E-state index < -0.39 is 17.3 Å². The standard InChI is InChI=1S/C21H24ClNO4/c1-21(2,16-8-10-17(22)11-9-16)20(26)23-13-15(19(24)25)12-14-6-4-5-7-18(14)27-3/h4-11,15H,12-13H2,1-3H3,(H,23,26)(H,24,25). The Hall–Kier alpha value is -2.53. The number of nitrogens with one attached hydrogen (secondary N) is 1. The fourth-order valence-electron chi connectivity index (χ4n) is 2.82. The highest BCUT2D eigenvalue weighted by Gasteiger charge is 2.31. The SMILES string of the molecule is COc1ccccc1CC(CNC(=O)C(C)(C)c1ccc(Cl)cc1)C(=O)O. The number of aliphatic carboxylic acids is 1. The lowest BCUT2D eigenvalue weighted by Gasteiger charge is -2.25. The predicted octanol–water partition coefficient (Wildman–Crippen LogP) is 3.69. The van der Waals surface area contributed by atoms with Crippen molar-refractivity contribution in [2.45, 2.75) is 25.7 Å². The van der Waals surface area contributed by atoms with Crippen LogP contribution in [0.15, 0.2) is 48.5 Å². The van der Waals surface area contributed by atoms with E-state index in [9.17, 15) is 14.7 Å². The van der Waals surface area contributed by atoms with Crippen LogP contribution in [0, 0.1) is 5.92 Å². The van der Waals surface area contributed by atoms with Gasteiger partial charge in [-0.05, 0) is 49.6 Å². The highest BCUT2D eigenvalue weighted by molar-refractivity contribution is 6.30. The van der Waals surface area contributed by atoms with Gasteiger partial charge < -0.3 is 15.2 Å². The zero-order chi connectivity index (χ0) is 20.0. The fraction of sp³-hybridized carbons (Fsp3) is 0.333. The van der Waals surface area contributed by atoms with Crippen molar-refractivity contribution in [1.82, 2.24) is 5.32 Å². The number of rotatable bonds is 8. The quantitative estimate of drug-likeness (QED) is 0.722. The number of para-hydroxylation sites is 1. The first-order chi connectivity index (χ1) is 12.8. The molecule has 0 spiro atoms. The summed E-state index contributed by atoms with van der Waals surface area (Å²) in [5.41, 5.74) is 0.789. The van der Waals surface area contributed by atoms with Crippen LogP contribution in [0.1, 0.15) is 25.0 Å². The Morgan fingerprint density at radius 1 is 1.15 bits per heavy atom. The van der Waals surface area contributed by atoms with E-state index in [4.69, 9.17) is 16.3 Å². The van der Waals surface area contributed by atoms with Crippen molar-refractivity contribution in [2.24, 2.45) is 5.92 Å². The van der Waals surface area contributed by atoms with Gasteiger partial charge in [0.25, 0.3) is 0 Å². The van der Waals surface area contributed by atoms with Crippen LogP contribution >= 0.6 is 11.6 Å². The summed E-state index contributed by atoms with van der Waals surface area (Å²) in [5.74, 6) is -1.33. The van der Waals surface area contributed by atoms with E-state index in [1.807, 2.05) is 18.2 Å². The zero-order valence-electron chi connectivity index (χ0n) is 15.7. The highest BCUT2D eigenvalue weighted by Crippen LogP contribution is 2.25. The monoisotopic (exact) mass is 389 g/mol. The number of ether oxygens (including phenoxy) is 1. The van der Waals surface area contributed by atoms with Crippen molar-refractivity contribution < 1.29 is 19.4 Å². The molecule has 2 rings (SSSR count). The number of methoxy groups -OCH3 is 1. The number of hydrogen-bond donors (Lipinski definition) is 2. The molecule has 6 heteroatoms. The summed E-state index contributed by atoms with van der Waals surface area (Å²) >= 11 is 5.90. The van der Waals surface area contributed by atoms with Crippen LogP contribution in [0.4, 0.5) is 0 Å². The molecule has 2 aromatic rings. The largest absolute Gasteiger partial charge is 0.496 e. The van der Waals surface area contributed by atoms with E-state index >= 15 is 0 Å². The number of carboxylic acid groups (broad SMARTS) is 1. The molecule has 1 unspecified atom stereocenters. The summed E-state index contributed by atoms with van der Waals surface area (Å²) in [4.78, 5) is 24.4. The Balaban J connectivity index is 2.07. The van der Waals surface area contributed by atoms with Gasteiger partial charge in [-0.3, -0.25) is 9.59 Å². The Labute approximate surface area is 164 Å². The molecular weight excluding hydrogens is 366 g/mol. The minimum atomic E-state index is -0.967. The highest BCUT2D eigenvalue weighted by atomic mass is 35.5. The van der Waals surface area contributed by atoms with Gasteiger partial charge >= 0.3 is 5.97 Å². The third-order valence-corrected chi connectivity index (χ3v) is 4.90. The topological polar surface area (TPSA) is 75.6 Å². The number of carbonyl (C=O) groups excluding carboxylic acids is 1. The molecule has 0 heterocycles. The van der Waals surface area contributed by atoms with Gasteiger partial charge in [0.1, 0.15) is 5.75 Å². The first-order valence-electron chi connectivity index (χ1n) is 8.64. The van der Waals surface area contributed by atoms with E-state index in [1.165, 1.54) is 0 Å². The second-order valence-electron chi connectivity index (χ2n) is 6.89. The number of benzene rings is 2. The first-order valence-corrected chi connectivity index (χ1v) is 9.02. The van der Waals surface area contributed by atoms with Gasteiger partial charge in [0, 0.05) is 11.6 Å². The molecule has 2 aromatic carbocycles. The normalized spacial score (nSPS) is 12.3. The lowest BCUT2D eigenvalue weighted by atomic mass is 9.83. The van der Waals surface area contributed by atoms with Crippen LogP contribution in [-0.4, -0.2) is 30.6 Å². The molecule has 0 aliphatic heterocycles. The van der Waals surface area contributed by atoms with Gasteiger partial charge in [-0.25, -0.2) is 0 Å². The van der Waals surface area contributed by atoms with Crippen molar-refractivity contribution in [3.8, 4) is 5.75 Å². The summed E-state index contributed by atoms with van der Waals surface area (Å²) in [6, 6.07) is 14.3. The van der Waals surface area contributed by atoms with Crippen molar-refractivity contribution in [3.05, 3.63) is 64.7 Å². The Morgan fingerprint density at radius 3 is 2.37 bits per heavy atom. The number of amides is 1. The lowest BCUT2D eigenvalue weighted by Crippen LogP contribution is -2.43. The third kappa shape index (κ3) is 5.23. The average Bonchev–Trinajstić information content (AvgIpc) is 2.65. The van der Waals surface area contributed by atoms with Crippen LogP contribution in [0.25, 0.3) is 0 Å². The van der Waals surface area contributed by atoms with Crippen molar-refractivity contribution >= 4 is 23.5 Å². The van der Waals surface area contributed by atoms with Crippen molar-refractivity contribution in [3.63, 3.8) is 0 Å². The van der Waals surface area contributed by atoms with E-state index in [0.717, 1.165) is 11.1 Å². The van der Waals surface area contributed by atoms with Gasteiger partial charge in [-0.15, -0.1) is 0 Å². The van der Waals surface area contributed by atoms with E-state index in [0.29, 0.717) is 10.8 Å². The molecule has 0 saturated carbocycles. The number of halogens is 1. The maximum atomic E-state index is 12.7. The summed E-state index contributed by atoms with van der Waals surface area (Å²) < 4.78 is 5.28. The lowest BCUT2D eigenvalue weighted by molar-refractivity contribution is -0.141. The van der Waals surface area contributed by atoms with Crippen LogP contribution < -0.4 is 10.1 Å². The van der Waals surface area contributed by atoms with E-state index in [1.54, 1.807) is 51.3 Å². The molecule has 5 nitrogen and oxygen atoms in total. The molecule has 1 atom stereocenters. The maximum absolute atomic E-state index is 12.7. The summed E-state index contributed by atoms with van der Waals surface area (Å²) in [6.07, 6.45) is 0.265. The third-order valence-electron chi connectivity index (χ3n) is 4.65. The summed E-state index contributed by atoms with van der Waals surface area (Å²) in [7, 11) is 1.55. The first kappa shape index (κ1) is 20.8. The molecule has 27 heavy (non-hydrogen) atoms. The number of carbonyl (C=O) groups is 2. The molecule has 144 valence electrons. The van der Waals surface area contributed by atoms with Gasteiger partial charge in [0.2, 0.25) is 5.91 Å². The van der Waals surface area contributed by atoms with Crippen LogP contribution in [-0.2, 0) is 21.4 Å². The van der Waals surface area contributed by atoms with Crippen LogP contribution in [0.2, 0.25) is 5.02 Å². The van der Waals surface area contributed by atoms with Crippen LogP contribution in [0.3, 0.4) is 0 Å². The maximum Gasteiger partial charge on any atom is 0.308 e. The molecule has 2 N–H and O–H groups in total. The Bertz CT molecular complexity index is 802. The minimum absolute atomic E-state index is 0.0310. The number of hydrogen-bond acceptors (Lipinski definition) is 3. The van der Waals surface area contributed by atoms with Crippen molar-refractivity contribution in [1.29, 1.82) is 0 Å². The summed E-state index contributed by atoms with van der Waals surface area (Å²) in [6.45, 7) is 3.62. The molecule has 0 aliphatic carbocycles. The van der Waals surface area contributed by atoms with E-state index in [2.05, 4.69) is 5.32 Å².